The number of hydrogen-bond acceptors (Lipinski definition) is 3. The number of anilines is 1. The number of piperazine rings is 1. The van der Waals surface area contributed by atoms with E-state index in [1.165, 1.54) is 0 Å². The van der Waals surface area contributed by atoms with Crippen LogP contribution in [0.25, 0.3) is 0 Å². The number of hydrogen-bond donors (Lipinski definition) is 1. The van der Waals surface area contributed by atoms with Gasteiger partial charge in [0.2, 0.25) is 0 Å². The first-order chi connectivity index (χ1) is 11.6. The summed E-state index contributed by atoms with van der Waals surface area (Å²) in [5.74, 6) is 0. The fourth-order valence-corrected chi connectivity index (χ4v) is 2.93. The van der Waals surface area contributed by atoms with Crippen molar-refractivity contribution < 1.29 is 4.79 Å². The number of pyridine rings is 1. The maximum Gasteiger partial charge on any atom is 0.321 e. The largest absolute Gasteiger partial charge is 0.322 e. The Bertz CT molecular complexity index is 699. The van der Waals surface area contributed by atoms with Crippen molar-refractivity contribution in [3.8, 4) is 0 Å². The van der Waals surface area contributed by atoms with Gasteiger partial charge in [-0.25, -0.2) is 4.79 Å². The van der Waals surface area contributed by atoms with Gasteiger partial charge in [-0.2, -0.15) is 0 Å². The normalized spacial score (nSPS) is 15.3. The van der Waals surface area contributed by atoms with Gasteiger partial charge in [0.25, 0.3) is 0 Å². The van der Waals surface area contributed by atoms with Gasteiger partial charge in [-0.05, 0) is 36.8 Å². The second kappa shape index (κ2) is 7.64. The van der Waals surface area contributed by atoms with E-state index in [9.17, 15) is 4.79 Å². The van der Waals surface area contributed by atoms with Gasteiger partial charge in [-0.3, -0.25) is 9.88 Å². The lowest BCUT2D eigenvalue weighted by Crippen LogP contribution is -2.49. The summed E-state index contributed by atoms with van der Waals surface area (Å²) in [5, 5.41) is 3.58. The lowest BCUT2D eigenvalue weighted by Gasteiger charge is -2.34. The number of aryl methyl sites for hydroxylation is 1. The van der Waals surface area contributed by atoms with Crippen molar-refractivity contribution in [3.63, 3.8) is 0 Å². The van der Waals surface area contributed by atoms with Gasteiger partial charge < -0.3 is 10.2 Å². The molecule has 1 aromatic heterocycles. The van der Waals surface area contributed by atoms with Crippen LogP contribution in [0.3, 0.4) is 0 Å². The fraction of sp³-hybridized carbons (Fsp3) is 0.333. The Morgan fingerprint density at radius 3 is 2.71 bits per heavy atom. The molecule has 1 aliphatic heterocycles. The number of aromatic nitrogens is 1. The first kappa shape index (κ1) is 16.7. The molecular formula is C18H21ClN4O. The van der Waals surface area contributed by atoms with Gasteiger partial charge >= 0.3 is 6.03 Å². The van der Waals surface area contributed by atoms with Crippen LogP contribution < -0.4 is 5.32 Å². The molecule has 0 unspecified atom stereocenters. The summed E-state index contributed by atoms with van der Waals surface area (Å²) in [5.41, 5.74) is 2.83. The minimum Gasteiger partial charge on any atom is -0.322 e. The molecule has 0 spiro atoms. The van der Waals surface area contributed by atoms with Crippen molar-refractivity contribution in [2.24, 2.45) is 0 Å². The second-order valence-electron chi connectivity index (χ2n) is 5.97. The molecule has 1 aromatic carbocycles. The molecule has 0 aliphatic carbocycles. The van der Waals surface area contributed by atoms with Crippen molar-refractivity contribution in [1.82, 2.24) is 14.8 Å². The van der Waals surface area contributed by atoms with Crippen LogP contribution in [-0.2, 0) is 6.54 Å². The molecule has 3 rings (SSSR count). The van der Waals surface area contributed by atoms with E-state index in [4.69, 9.17) is 11.6 Å². The topological polar surface area (TPSA) is 48.5 Å². The third-order valence-electron chi connectivity index (χ3n) is 4.21. The molecule has 0 radical (unpaired) electrons. The lowest BCUT2D eigenvalue weighted by atomic mass is 10.2. The van der Waals surface area contributed by atoms with E-state index < -0.39 is 0 Å². The van der Waals surface area contributed by atoms with Gasteiger partial charge in [0.15, 0.2) is 0 Å². The molecule has 1 N–H and O–H groups in total. The number of rotatable bonds is 3. The minimum atomic E-state index is -0.0714. The molecule has 5 nitrogen and oxygen atoms in total. The van der Waals surface area contributed by atoms with Crippen LogP contribution in [0.15, 0.2) is 42.6 Å². The summed E-state index contributed by atoms with van der Waals surface area (Å²) in [6, 6.07) is 11.4. The minimum absolute atomic E-state index is 0.0714. The quantitative estimate of drug-likeness (QED) is 0.928. The molecular weight excluding hydrogens is 324 g/mol. The summed E-state index contributed by atoms with van der Waals surface area (Å²) in [4.78, 5) is 20.9. The lowest BCUT2D eigenvalue weighted by molar-refractivity contribution is 0.142. The number of halogens is 1. The molecule has 2 heterocycles. The van der Waals surface area contributed by atoms with Gasteiger partial charge in [-0.15, -0.1) is 0 Å². The summed E-state index contributed by atoms with van der Waals surface area (Å²) >= 11 is 6.00. The molecule has 1 fully saturated rings. The standard InChI is InChI=1S/C18H21ClN4O/c1-14-5-6-15(19)12-17(14)21-18(24)23-10-8-22(9-11-23)13-16-4-2-3-7-20-16/h2-7,12H,8-11,13H2,1H3,(H,21,24). The molecule has 0 bridgehead atoms. The molecule has 0 atom stereocenters. The van der Waals surface area contributed by atoms with Crippen LogP contribution >= 0.6 is 11.6 Å². The number of nitrogens with one attached hydrogen (secondary N) is 1. The van der Waals surface area contributed by atoms with Gasteiger partial charge in [0.1, 0.15) is 0 Å². The molecule has 126 valence electrons. The molecule has 1 aliphatic rings. The van der Waals surface area contributed by atoms with E-state index in [1.807, 2.05) is 48.4 Å². The zero-order chi connectivity index (χ0) is 16.9. The van der Waals surface area contributed by atoms with E-state index in [1.54, 1.807) is 6.07 Å². The first-order valence-electron chi connectivity index (χ1n) is 8.06. The van der Waals surface area contributed by atoms with E-state index in [0.29, 0.717) is 18.1 Å². The predicted molar refractivity (Wildman–Crippen MR) is 96.3 cm³/mol. The average Bonchev–Trinajstić information content (AvgIpc) is 2.60. The highest BCUT2D eigenvalue weighted by Crippen LogP contribution is 2.20. The molecule has 0 saturated carbocycles. The first-order valence-corrected chi connectivity index (χ1v) is 8.44. The Labute approximate surface area is 147 Å². The zero-order valence-electron chi connectivity index (χ0n) is 13.7. The summed E-state index contributed by atoms with van der Waals surface area (Å²) in [6.07, 6.45) is 1.81. The van der Waals surface area contributed by atoms with Crippen LogP contribution in [0, 0.1) is 6.92 Å². The van der Waals surface area contributed by atoms with Crippen LogP contribution in [0.1, 0.15) is 11.3 Å². The molecule has 6 heteroatoms. The van der Waals surface area contributed by atoms with Crippen LogP contribution in [0.4, 0.5) is 10.5 Å². The van der Waals surface area contributed by atoms with Gasteiger partial charge in [0.05, 0.1) is 5.69 Å². The van der Waals surface area contributed by atoms with Gasteiger partial charge in [0, 0.05) is 49.6 Å². The number of carbonyl (C=O) groups excluding carboxylic acids is 1. The highest BCUT2D eigenvalue weighted by atomic mass is 35.5. The number of nitrogens with zero attached hydrogens (tertiary/aromatic N) is 3. The maximum atomic E-state index is 12.4. The van der Waals surface area contributed by atoms with E-state index in [0.717, 1.165) is 36.6 Å². The zero-order valence-corrected chi connectivity index (χ0v) is 14.5. The molecule has 2 aromatic rings. The summed E-state index contributed by atoms with van der Waals surface area (Å²) < 4.78 is 0. The SMILES string of the molecule is Cc1ccc(Cl)cc1NC(=O)N1CCN(Cc2ccccn2)CC1. The highest BCUT2D eigenvalue weighted by Gasteiger charge is 2.21. The van der Waals surface area contributed by atoms with E-state index in [2.05, 4.69) is 15.2 Å². The number of urea groups is 1. The molecule has 24 heavy (non-hydrogen) atoms. The van der Waals surface area contributed by atoms with Crippen molar-refractivity contribution in [2.45, 2.75) is 13.5 Å². The van der Waals surface area contributed by atoms with Crippen LogP contribution in [0.5, 0.6) is 0 Å². The van der Waals surface area contributed by atoms with Crippen molar-refractivity contribution in [1.29, 1.82) is 0 Å². The maximum absolute atomic E-state index is 12.4. The van der Waals surface area contributed by atoms with Crippen molar-refractivity contribution in [2.75, 3.05) is 31.5 Å². The van der Waals surface area contributed by atoms with Crippen molar-refractivity contribution >= 4 is 23.3 Å². The smallest absolute Gasteiger partial charge is 0.321 e. The third kappa shape index (κ3) is 4.24. The third-order valence-corrected chi connectivity index (χ3v) is 4.45. The van der Waals surface area contributed by atoms with Crippen LogP contribution in [-0.4, -0.2) is 47.0 Å². The highest BCUT2D eigenvalue weighted by molar-refractivity contribution is 6.31. The fourth-order valence-electron chi connectivity index (χ4n) is 2.75. The summed E-state index contributed by atoms with van der Waals surface area (Å²) in [7, 11) is 0. The Morgan fingerprint density at radius 1 is 1.21 bits per heavy atom. The Morgan fingerprint density at radius 2 is 2.00 bits per heavy atom. The van der Waals surface area contributed by atoms with E-state index >= 15 is 0 Å². The van der Waals surface area contributed by atoms with E-state index in [-0.39, 0.29) is 6.03 Å². The average molecular weight is 345 g/mol. The number of benzene rings is 1. The Kier molecular flexibility index (Phi) is 5.33. The molecule has 1 saturated heterocycles. The number of amides is 2. The molecule has 2 amide bonds. The monoisotopic (exact) mass is 344 g/mol. The van der Waals surface area contributed by atoms with Crippen molar-refractivity contribution in [3.05, 3.63) is 58.9 Å². The predicted octanol–water partition coefficient (Wildman–Crippen LogP) is 3.39. The Hall–Kier alpha value is -2.11. The summed E-state index contributed by atoms with van der Waals surface area (Å²) in [6.45, 7) is 5.88. The Balaban J connectivity index is 1.52. The number of carbonyl (C=O) groups is 1. The van der Waals surface area contributed by atoms with Gasteiger partial charge in [-0.1, -0.05) is 23.7 Å². The van der Waals surface area contributed by atoms with Crippen LogP contribution in [0.2, 0.25) is 5.02 Å². The second-order valence-corrected chi connectivity index (χ2v) is 6.41.